The molecular formula is C20H26N8O2. The van der Waals surface area contributed by atoms with Gasteiger partial charge < -0.3 is 10.2 Å². The number of aliphatic hydroxyl groups excluding tert-OH is 2. The summed E-state index contributed by atoms with van der Waals surface area (Å²) in [5, 5.41) is 44.5. The number of aliphatic hydroxyl groups is 2. The molecule has 158 valence electrons. The summed E-state index contributed by atoms with van der Waals surface area (Å²) in [6.45, 7) is 11.8. The molecule has 0 fully saturated rings. The number of benzene rings is 1. The maximum Gasteiger partial charge on any atom is 0.178 e. The van der Waals surface area contributed by atoms with E-state index in [-0.39, 0.29) is 22.6 Å². The lowest BCUT2D eigenvalue weighted by Crippen LogP contribution is -2.24. The van der Waals surface area contributed by atoms with E-state index in [0.717, 1.165) is 0 Å². The standard InChI is InChI=1S/C20H26N8O2/c1-19(2,3)27-17(21-23-25-27)11-15(29)13-8-7-9-14(10-13)16(30)12-18-22-24-26-28(18)20(4,5)6/h7-12,29-30H,1-6H3. The maximum absolute atomic E-state index is 10.6. The Labute approximate surface area is 174 Å². The zero-order valence-corrected chi connectivity index (χ0v) is 17.9. The highest BCUT2D eigenvalue weighted by molar-refractivity contribution is 5.79. The molecule has 0 aliphatic rings. The Bertz CT molecular complexity index is 1010. The molecule has 2 aromatic heterocycles. The van der Waals surface area contributed by atoms with Gasteiger partial charge in [-0.1, -0.05) is 18.2 Å². The van der Waals surface area contributed by atoms with Gasteiger partial charge in [-0.05, 0) is 68.5 Å². The van der Waals surface area contributed by atoms with Gasteiger partial charge in [0.2, 0.25) is 0 Å². The fraction of sp³-hybridized carbons (Fsp3) is 0.400. The second-order valence-electron chi connectivity index (χ2n) is 8.88. The van der Waals surface area contributed by atoms with Crippen molar-refractivity contribution in [2.75, 3.05) is 0 Å². The maximum atomic E-state index is 10.6. The summed E-state index contributed by atoms with van der Waals surface area (Å²) in [5.74, 6) is 0.804. The largest absolute Gasteiger partial charge is 0.507 e. The summed E-state index contributed by atoms with van der Waals surface area (Å²) in [5.41, 5.74) is 0.336. The molecule has 0 bridgehead atoms. The third-order valence-electron chi connectivity index (χ3n) is 4.24. The summed E-state index contributed by atoms with van der Waals surface area (Å²) in [6.07, 6.45) is 2.98. The first-order valence-electron chi connectivity index (χ1n) is 9.46. The first-order chi connectivity index (χ1) is 14.0. The molecule has 30 heavy (non-hydrogen) atoms. The molecule has 0 radical (unpaired) electrons. The van der Waals surface area contributed by atoms with Crippen molar-refractivity contribution in [2.24, 2.45) is 0 Å². The van der Waals surface area contributed by atoms with Crippen LogP contribution in [0.4, 0.5) is 0 Å². The van der Waals surface area contributed by atoms with Crippen LogP contribution in [0.2, 0.25) is 0 Å². The number of aromatic nitrogens is 8. The van der Waals surface area contributed by atoms with Crippen molar-refractivity contribution >= 4 is 23.7 Å². The van der Waals surface area contributed by atoms with Crippen LogP contribution >= 0.6 is 0 Å². The van der Waals surface area contributed by atoms with Gasteiger partial charge in [0.15, 0.2) is 11.6 Å². The van der Waals surface area contributed by atoms with Crippen molar-refractivity contribution in [3.63, 3.8) is 0 Å². The van der Waals surface area contributed by atoms with Gasteiger partial charge in [-0.2, -0.15) is 0 Å². The van der Waals surface area contributed by atoms with E-state index in [9.17, 15) is 10.2 Å². The number of tetrazole rings is 2. The molecule has 10 heteroatoms. The molecule has 0 aliphatic carbocycles. The van der Waals surface area contributed by atoms with Crippen molar-refractivity contribution in [2.45, 2.75) is 52.6 Å². The van der Waals surface area contributed by atoms with Crippen LogP contribution in [0.5, 0.6) is 0 Å². The van der Waals surface area contributed by atoms with Crippen LogP contribution in [-0.2, 0) is 11.1 Å². The minimum atomic E-state index is -0.338. The summed E-state index contributed by atoms with van der Waals surface area (Å²) in [7, 11) is 0. The van der Waals surface area contributed by atoms with Crippen molar-refractivity contribution in [1.82, 2.24) is 40.4 Å². The molecule has 0 saturated carbocycles. The van der Waals surface area contributed by atoms with E-state index in [4.69, 9.17) is 0 Å². The van der Waals surface area contributed by atoms with Crippen molar-refractivity contribution in [1.29, 1.82) is 0 Å². The fourth-order valence-corrected chi connectivity index (χ4v) is 2.77. The quantitative estimate of drug-likeness (QED) is 0.627. The number of rotatable bonds is 4. The van der Waals surface area contributed by atoms with Crippen LogP contribution < -0.4 is 0 Å². The van der Waals surface area contributed by atoms with E-state index in [1.807, 2.05) is 41.5 Å². The highest BCUT2D eigenvalue weighted by Gasteiger charge is 2.20. The summed E-state index contributed by atoms with van der Waals surface area (Å²) in [4.78, 5) is 0. The molecule has 2 N–H and O–H groups in total. The summed E-state index contributed by atoms with van der Waals surface area (Å²) >= 11 is 0. The Balaban J connectivity index is 1.94. The Morgan fingerprint density at radius 3 is 1.53 bits per heavy atom. The van der Waals surface area contributed by atoms with Crippen molar-refractivity contribution < 1.29 is 10.2 Å². The average Bonchev–Trinajstić information content (AvgIpc) is 3.30. The third-order valence-corrected chi connectivity index (χ3v) is 4.24. The SMILES string of the molecule is CC(C)(C)n1nnnc1C=C(O)c1cccc(C(O)=Cc2nnnn2C(C)(C)C)c1. The van der Waals surface area contributed by atoms with Crippen LogP contribution in [0, 0.1) is 0 Å². The molecule has 3 rings (SSSR count). The molecule has 0 aliphatic heterocycles. The van der Waals surface area contributed by atoms with Gasteiger partial charge in [0.1, 0.15) is 11.5 Å². The highest BCUT2D eigenvalue weighted by Crippen LogP contribution is 2.23. The van der Waals surface area contributed by atoms with E-state index >= 15 is 0 Å². The molecule has 0 saturated heterocycles. The Morgan fingerprint density at radius 1 is 0.767 bits per heavy atom. The zero-order chi connectivity index (χ0) is 22.1. The number of nitrogens with zero attached hydrogens (tertiary/aromatic N) is 8. The first-order valence-corrected chi connectivity index (χ1v) is 9.46. The minimum Gasteiger partial charge on any atom is -0.507 e. The van der Waals surface area contributed by atoms with Gasteiger partial charge in [-0.3, -0.25) is 0 Å². The Kier molecular flexibility index (Phi) is 5.43. The van der Waals surface area contributed by atoms with E-state index in [0.29, 0.717) is 22.8 Å². The van der Waals surface area contributed by atoms with Gasteiger partial charge in [-0.25, -0.2) is 9.36 Å². The second-order valence-corrected chi connectivity index (χ2v) is 8.88. The van der Waals surface area contributed by atoms with Gasteiger partial charge >= 0.3 is 0 Å². The molecule has 0 amide bonds. The van der Waals surface area contributed by atoms with Crippen LogP contribution in [0.15, 0.2) is 24.3 Å². The molecule has 0 atom stereocenters. The lowest BCUT2D eigenvalue weighted by atomic mass is 10.1. The van der Waals surface area contributed by atoms with Crippen LogP contribution in [0.25, 0.3) is 23.7 Å². The molecule has 10 nitrogen and oxygen atoms in total. The van der Waals surface area contributed by atoms with Crippen molar-refractivity contribution in [3.8, 4) is 0 Å². The predicted molar refractivity (Wildman–Crippen MR) is 113 cm³/mol. The smallest absolute Gasteiger partial charge is 0.178 e. The molecule has 3 aromatic rings. The molecule has 0 unspecified atom stereocenters. The minimum absolute atomic E-state index is 0.0236. The van der Waals surface area contributed by atoms with Gasteiger partial charge in [-0.15, -0.1) is 10.2 Å². The van der Waals surface area contributed by atoms with E-state index in [1.54, 1.807) is 33.6 Å². The molecule has 0 spiro atoms. The topological polar surface area (TPSA) is 128 Å². The second kappa shape index (κ2) is 7.69. The predicted octanol–water partition coefficient (Wildman–Crippen LogP) is 3.28. The van der Waals surface area contributed by atoms with Crippen LogP contribution in [0.3, 0.4) is 0 Å². The highest BCUT2D eigenvalue weighted by atomic mass is 16.3. The normalized spacial score (nSPS) is 13.7. The third kappa shape index (κ3) is 4.53. The van der Waals surface area contributed by atoms with E-state index < -0.39 is 0 Å². The zero-order valence-electron chi connectivity index (χ0n) is 17.9. The molecule has 2 heterocycles. The van der Waals surface area contributed by atoms with Crippen LogP contribution in [0.1, 0.15) is 64.3 Å². The van der Waals surface area contributed by atoms with E-state index in [1.165, 1.54) is 12.2 Å². The van der Waals surface area contributed by atoms with Crippen LogP contribution in [-0.4, -0.2) is 50.6 Å². The fourth-order valence-electron chi connectivity index (χ4n) is 2.77. The monoisotopic (exact) mass is 410 g/mol. The Morgan fingerprint density at radius 2 is 1.17 bits per heavy atom. The van der Waals surface area contributed by atoms with Gasteiger partial charge in [0, 0.05) is 23.3 Å². The lowest BCUT2D eigenvalue weighted by Gasteiger charge is -2.19. The summed E-state index contributed by atoms with van der Waals surface area (Å²) in [6, 6.07) is 6.85. The lowest BCUT2D eigenvalue weighted by molar-refractivity contribution is 0.344. The molecular weight excluding hydrogens is 384 g/mol. The average molecular weight is 410 g/mol. The van der Waals surface area contributed by atoms with Crippen molar-refractivity contribution in [3.05, 3.63) is 47.0 Å². The Hall–Kier alpha value is -3.56. The summed E-state index contributed by atoms with van der Waals surface area (Å²) < 4.78 is 3.24. The van der Waals surface area contributed by atoms with Gasteiger partial charge in [0.05, 0.1) is 11.1 Å². The number of hydrogen-bond acceptors (Lipinski definition) is 8. The number of hydrogen-bond donors (Lipinski definition) is 2. The molecule has 1 aromatic carbocycles. The first kappa shape index (κ1) is 21.2. The van der Waals surface area contributed by atoms with Gasteiger partial charge in [0.25, 0.3) is 0 Å². The van der Waals surface area contributed by atoms with E-state index in [2.05, 4.69) is 31.1 Å².